The summed E-state index contributed by atoms with van der Waals surface area (Å²) in [6.45, 7) is 4.21. The van der Waals surface area contributed by atoms with Crippen LogP contribution < -0.4 is 9.47 Å². The normalized spacial score (nSPS) is 10.5. The molecule has 5 heteroatoms. The first-order valence-corrected chi connectivity index (χ1v) is 6.66. The maximum Gasteiger partial charge on any atom is 0.247 e. The summed E-state index contributed by atoms with van der Waals surface area (Å²) in [5.74, 6) is 0.660. The van der Waals surface area contributed by atoms with Crippen LogP contribution in [0.3, 0.4) is 0 Å². The second kappa shape index (κ2) is 6.35. The largest absolute Gasteiger partial charge is 0.480 e. The zero-order valence-electron chi connectivity index (χ0n) is 12.6. The molecule has 5 nitrogen and oxygen atoms in total. The van der Waals surface area contributed by atoms with Gasteiger partial charge in [0.15, 0.2) is 5.69 Å². The second-order valence-corrected chi connectivity index (χ2v) is 4.88. The highest BCUT2D eigenvalue weighted by molar-refractivity contribution is 6.09. The lowest BCUT2D eigenvalue weighted by Crippen LogP contribution is -2.09. The number of ketones is 1. The minimum absolute atomic E-state index is 0.160. The van der Waals surface area contributed by atoms with E-state index in [2.05, 4.69) is 23.8 Å². The highest BCUT2D eigenvalue weighted by atomic mass is 16.5. The average Bonchev–Trinajstić information content (AvgIpc) is 2.53. The van der Waals surface area contributed by atoms with Crippen molar-refractivity contribution in [2.45, 2.75) is 19.8 Å². The summed E-state index contributed by atoms with van der Waals surface area (Å²) in [6.07, 6.45) is 1.40. The van der Waals surface area contributed by atoms with E-state index in [0.717, 1.165) is 0 Å². The quantitative estimate of drug-likeness (QED) is 0.791. The van der Waals surface area contributed by atoms with Crippen LogP contribution in [0.5, 0.6) is 11.8 Å². The lowest BCUT2D eigenvalue weighted by Gasteiger charge is -2.09. The second-order valence-electron chi connectivity index (χ2n) is 4.88. The van der Waals surface area contributed by atoms with Crippen molar-refractivity contribution in [2.75, 3.05) is 14.2 Å². The fourth-order valence-electron chi connectivity index (χ4n) is 1.91. The molecule has 0 aliphatic carbocycles. The van der Waals surface area contributed by atoms with Gasteiger partial charge in [0.05, 0.1) is 20.4 Å². The fourth-order valence-corrected chi connectivity index (χ4v) is 1.91. The molecule has 0 fully saturated rings. The molecule has 0 bridgehead atoms. The molecule has 2 rings (SSSR count). The molecule has 1 aromatic carbocycles. The Kier molecular flexibility index (Phi) is 4.52. The van der Waals surface area contributed by atoms with Crippen molar-refractivity contribution in [2.24, 2.45) is 0 Å². The maximum atomic E-state index is 12.5. The molecule has 0 saturated carbocycles. The van der Waals surface area contributed by atoms with Crippen LogP contribution in [-0.2, 0) is 0 Å². The minimum atomic E-state index is -0.225. The van der Waals surface area contributed by atoms with Crippen molar-refractivity contribution in [1.29, 1.82) is 0 Å². The van der Waals surface area contributed by atoms with Gasteiger partial charge in [-0.25, -0.2) is 4.98 Å². The van der Waals surface area contributed by atoms with Crippen molar-refractivity contribution in [1.82, 2.24) is 9.97 Å². The highest BCUT2D eigenvalue weighted by Crippen LogP contribution is 2.21. The third-order valence-electron chi connectivity index (χ3n) is 3.18. The molecule has 0 aliphatic heterocycles. The van der Waals surface area contributed by atoms with Crippen LogP contribution in [0.15, 0.2) is 30.5 Å². The van der Waals surface area contributed by atoms with Gasteiger partial charge in [0, 0.05) is 5.56 Å². The third kappa shape index (κ3) is 3.18. The number of hydrogen-bond donors (Lipinski definition) is 0. The van der Waals surface area contributed by atoms with E-state index in [9.17, 15) is 4.79 Å². The number of hydrogen-bond acceptors (Lipinski definition) is 5. The van der Waals surface area contributed by atoms with Gasteiger partial charge >= 0.3 is 0 Å². The van der Waals surface area contributed by atoms with Gasteiger partial charge in [0.2, 0.25) is 17.5 Å². The van der Waals surface area contributed by atoms with E-state index < -0.39 is 0 Å². The number of ether oxygens (including phenoxy) is 2. The summed E-state index contributed by atoms with van der Waals surface area (Å²) < 4.78 is 10.1. The first kappa shape index (κ1) is 15.0. The Morgan fingerprint density at radius 1 is 1.10 bits per heavy atom. The predicted molar refractivity (Wildman–Crippen MR) is 79.1 cm³/mol. The lowest BCUT2D eigenvalue weighted by molar-refractivity contribution is 0.103. The van der Waals surface area contributed by atoms with Gasteiger partial charge in [-0.15, -0.1) is 0 Å². The van der Waals surface area contributed by atoms with E-state index >= 15 is 0 Å². The van der Waals surface area contributed by atoms with E-state index in [0.29, 0.717) is 17.4 Å². The summed E-state index contributed by atoms with van der Waals surface area (Å²) in [7, 11) is 2.93. The molecular weight excluding hydrogens is 268 g/mol. The molecule has 0 atom stereocenters. The number of benzene rings is 1. The zero-order chi connectivity index (χ0) is 15.4. The summed E-state index contributed by atoms with van der Waals surface area (Å²) in [6, 6.07) is 7.48. The number of aromatic nitrogens is 2. The number of methoxy groups -OCH3 is 2. The van der Waals surface area contributed by atoms with E-state index in [1.807, 2.05) is 12.1 Å². The fraction of sp³-hybridized carbons (Fsp3) is 0.312. The highest BCUT2D eigenvalue weighted by Gasteiger charge is 2.18. The van der Waals surface area contributed by atoms with Crippen molar-refractivity contribution in [3.63, 3.8) is 0 Å². The smallest absolute Gasteiger partial charge is 0.247 e. The molecule has 1 heterocycles. The Hall–Kier alpha value is -2.43. The number of carbonyl (C=O) groups is 1. The third-order valence-corrected chi connectivity index (χ3v) is 3.18. The van der Waals surface area contributed by atoms with Crippen LogP contribution in [0.4, 0.5) is 0 Å². The number of rotatable bonds is 5. The molecule has 0 radical (unpaired) electrons. The van der Waals surface area contributed by atoms with Crippen molar-refractivity contribution < 1.29 is 14.3 Å². The van der Waals surface area contributed by atoms with Gasteiger partial charge in [0.1, 0.15) is 0 Å². The van der Waals surface area contributed by atoms with Gasteiger partial charge in [-0.2, -0.15) is 4.98 Å². The van der Waals surface area contributed by atoms with Crippen molar-refractivity contribution in [3.05, 3.63) is 47.3 Å². The van der Waals surface area contributed by atoms with Gasteiger partial charge in [-0.05, 0) is 11.5 Å². The molecule has 1 aromatic heterocycles. The number of nitrogens with zero attached hydrogens (tertiary/aromatic N) is 2. The van der Waals surface area contributed by atoms with Crippen LogP contribution in [0, 0.1) is 0 Å². The van der Waals surface area contributed by atoms with Crippen molar-refractivity contribution in [3.8, 4) is 11.8 Å². The maximum absolute atomic E-state index is 12.5. The Labute approximate surface area is 124 Å². The molecule has 0 N–H and O–H groups in total. The molecule has 0 aliphatic rings. The van der Waals surface area contributed by atoms with Crippen LogP contribution in [0.2, 0.25) is 0 Å². The van der Waals surface area contributed by atoms with E-state index in [1.165, 1.54) is 26.0 Å². The van der Waals surface area contributed by atoms with Gasteiger partial charge in [-0.1, -0.05) is 38.1 Å². The van der Waals surface area contributed by atoms with E-state index in [1.54, 1.807) is 12.1 Å². The van der Waals surface area contributed by atoms with E-state index in [4.69, 9.17) is 9.47 Å². The van der Waals surface area contributed by atoms with Crippen LogP contribution in [0.1, 0.15) is 41.4 Å². The first-order chi connectivity index (χ1) is 10.1. The molecule has 0 spiro atoms. The summed E-state index contributed by atoms with van der Waals surface area (Å²) >= 11 is 0. The summed E-state index contributed by atoms with van der Waals surface area (Å²) in [5, 5.41) is 0. The molecule has 21 heavy (non-hydrogen) atoms. The summed E-state index contributed by atoms with van der Waals surface area (Å²) in [5.41, 5.74) is 1.91. The van der Waals surface area contributed by atoms with Gasteiger partial charge in [0.25, 0.3) is 0 Å². The molecule has 0 unspecified atom stereocenters. The standard InChI is InChI=1S/C16H18N2O3/c1-10(2)11-5-7-12(8-6-11)15(19)14-16(21-4)18-13(20-3)9-17-14/h5-10H,1-4H3. The zero-order valence-corrected chi connectivity index (χ0v) is 12.6. The molecule has 0 amide bonds. The van der Waals surface area contributed by atoms with Crippen LogP contribution >= 0.6 is 0 Å². The Morgan fingerprint density at radius 3 is 2.29 bits per heavy atom. The Bertz CT molecular complexity index is 636. The molecular formula is C16H18N2O3. The molecule has 110 valence electrons. The first-order valence-electron chi connectivity index (χ1n) is 6.66. The average molecular weight is 286 g/mol. The van der Waals surface area contributed by atoms with Gasteiger partial charge < -0.3 is 9.47 Å². The Morgan fingerprint density at radius 2 is 1.76 bits per heavy atom. The van der Waals surface area contributed by atoms with Gasteiger partial charge in [-0.3, -0.25) is 4.79 Å². The Balaban J connectivity index is 2.35. The minimum Gasteiger partial charge on any atom is -0.480 e. The van der Waals surface area contributed by atoms with E-state index in [-0.39, 0.29) is 17.4 Å². The van der Waals surface area contributed by atoms with Crippen LogP contribution in [-0.4, -0.2) is 30.0 Å². The molecule has 2 aromatic rings. The number of carbonyl (C=O) groups excluding carboxylic acids is 1. The monoisotopic (exact) mass is 286 g/mol. The topological polar surface area (TPSA) is 61.3 Å². The van der Waals surface area contributed by atoms with Crippen LogP contribution in [0.25, 0.3) is 0 Å². The van der Waals surface area contributed by atoms with Crippen molar-refractivity contribution >= 4 is 5.78 Å². The lowest BCUT2D eigenvalue weighted by atomic mass is 10.00. The SMILES string of the molecule is COc1cnc(C(=O)c2ccc(C(C)C)cc2)c(OC)n1. The molecule has 0 saturated heterocycles. The predicted octanol–water partition coefficient (Wildman–Crippen LogP) is 2.85. The summed E-state index contributed by atoms with van der Waals surface area (Å²) in [4.78, 5) is 20.6.